The van der Waals surface area contributed by atoms with Gasteiger partial charge in [-0.3, -0.25) is 9.69 Å². The van der Waals surface area contributed by atoms with Crippen LogP contribution in [-0.2, 0) is 4.79 Å². The predicted octanol–water partition coefficient (Wildman–Crippen LogP) is -0.587. The van der Waals surface area contributed by atoms with Crippen LogP contribution < -0.4 is 10.2 Å². The van der Waals surface area contributed by atoms with E-state index in [0.29, 0.717) is 18.9 Å². The van der Waals surface area contributed by atoms with Gasteiger partial charge in [-0.25, -0.2) is 9.97 Å². The predicted molar refractivity (Wildman–Crippen MR) is 47.3 cm³/mol. The Bertz CT molecular complexity index is 300. The molecule has 13 heavy (non-hydrogen) atoms. The highest BCUT2D eigenvalue weighted by Crippen LogP contribution is 2.08. The van der Waals surface area contributed by atoms with Gasteiger partial charge in [0.2, 0.25) is 5.91 Å². The molecule has 0 saturated carbocycles. The molecular formula is C8H10N4O. The summed E-state index contributed by atoms with van der Waals surface area (Å²) in [6.45, 7) is 1.88. The Kier molecular flexibility index (Phi) is 2.18. The average Bonchev–Trinajstić information content (AvgIpc) is 2.20. The minimum absolute atomic E-state index is 0.0601. The lowest BCUT2D eigenvalue weighted by molar-refractivity contribution is -0.118. The number of nitrogens with zero attached hydrogens (tertiary/aromatic N) is 3. The van der Waals surface area contributed by atoms with Gasteiger partial charge in [0.05, 0.1) is 6.54 Å². The zero-order valence-corrected chi connectivity index (χ0v) is 7.10. The Labute approximate surface area is 75.8 Å². The van der Waals surface area contributed by atoms with Crippen molar-refractivity contribution in [3.63, 3.8) is 0 Å². The molecule has 68 valence electrons. The van der Waals surface area contributed by atoms with E-state index >= 15 is 0 Å². The van der Waals surface area contributed by atoms with E-state index in [-0.39, 0.29) is 5.91 Å². The number of carbonyl (C=O) groups excluding carboxylic acids is 1. The Morgan fingerprint density at radius 1 is 1.54 bits per heavy atom. The topological polar surface area (TPSA) is 58.1 Å². The van der Waals surface area contributed by atoms with Crippen LogP contribution in [0.1, 0.15) is 0 Å². The molecule has 0 radical (unpaired) electrons. The van der Waals surface area contributed by atoms with E-state index in [9.17, 15) is 4.79 Å². The number of anilines is 1. The third-order valence-electron chi connectivity index (χ3n) is 1.93. The van der Waals surface area contributed by atoms with E-state index in [4.69, 9.17) is 0 Å². The smallest absolute Gasteiger partial charge is 0.242 e. The monoisotopic (exact) mass is 178 g/mol. The summed E-state index contributed by atoms with van der Waals surface area (Å²) in [6, 6.07) is 1.74. The first-order valence-electron chi connectivity index (χ1n) is 4.15. The third-order valence-corrected chi connectivity index (χ3v) is 1.93. The molecular weight excluding hydrogens is 168 g/mol. The van der Waals surface area contributed by atoms with Crippen LogP contribution in [-0.4, -0.2) is 35.5 Å². The molecule has 1 fully saturated rings. The van der Waals surface area contributed by atoms with Crippen molar-refractivity contribution in [1.82, 2.24) is 15.3 Å². The standard InChI is InChI=1S/C8H10N4O/c13-8-5-9-3-4-12(8)7-1-2-10-6-11-7/h1-2,6,9H,3-5H2. The molecule has 5 nitrogen and oxygen atoms in total. The second-order valence-electron chi connectivity index (χ2n) is 2.79. The summed E-state index contributed by atoms with van der Waals surface area (Å²) in [7, 11) is 0. The van der Waals surface area contributed by atoms with Crippen LogP contribution in [0.2, 0.25) is 0 Å². The number of piperazine rings is 1. The molecule has 1 aliphatic heterocycles. The molecule has 2 heterocycles. The Morgan fingerprint density at radius 3 is 3.15 bits per heavy atom. The lowest BCUT2D eigenvalue weighted by atomic mass is 10.3. The highest BCUT2D eigenvalue weighted by molar-refractivity contribution is 5.94. The highest BCUT2D eigenvalue weighted by atomic mass is 16.2. The minimum Gasteiger partial charge on any atom is -0.307 e. The molecule has 0 atom stereocenters. The van der Waals surface area contributed by atoms with Gasteiger partial charge in [-0.05, 0) is 6.07 Å². The first kappa shape index (κ1) is 8.12. The lowest BCUT2D eigenvalue weighted by Crippen LogP contribution is -2.48. The van der Waals surface area contributed by atoms with Crippen LogP contribution in [0.3, 0.4) is 0 Å². The highest BCUT2D eigenvalue weighted by Gasteiger charge is 2.19. The molecule has 1 saturated heterocycles. The summed E-state index contributed by atoms with van der Waals surface area (Å²) < 4.78 is 0. The molecule has 0 aliphatic carbocycles. The summed E-state index contributed by atoms with van der Waals surface area (Å²) in [4.78, 5) is 20.9. The number of rotatable bonds is 1. The summed E-state index contributed by atoms with van der Waals surface area (Å²) in [5, 5.41) is 3.00. The zero-order chi connectivity index (χ0) is 9.10. The van der Waals surface area contributed by atoms with Gasteiger partial charge in [0.1, 0.15) is 12.1 Å². The molecule has 1 aromatic heterocycles. The number of carbonyl (C=O) groups is 1. The van der Waals surface area contributed by atoms with Crippen LogP contribution >= 0.6 is 0 Å². The molecule has 2 rings (SSSR count). The summed E-state index contributed by atoms with van der Waals surface area (Å²) in [6.07, 6.45) is 3.09. The van der Waals surface area contributed by atoms with Crippen molar-refractivity contribution in [2.24, 2.45) is 0 Å². The molecule has 0 unspecified atom stereocenters. The van der Waals surface area contributed by atoms with Gasteiger partial charge in [0, 0.05) is 19.3 Å². The van der Waals surface area contributed by atoms with Crippen LogP contribution in [0, 0.1) is 0 Å². The molecule has 1 aromatic rings. The maximum Gasteiger partial charge on any atom is 0.242 e. The van der Waals surface area contributed by atoms with Crippen molar-refractivity contribution in [3.05, 3.63) is 18.6 Å². The number of hydrogen-bond acceptors (Lipinski definition) is 4. The summed E-state index contributed by atoms with van der Waals surface area (Å²) in [5.41, 5.74) is 0. The molecule has 0 bridgehead atoms. The van der Waals surface area contributed by atoms with E-state index in [0.717, 1.165) is 6.54 Å². The fourth-order valence-electron chi connectivity index (χ4n) is 1.29. The van der Waals surface area contributed by atoms with Crippen molar-refractivity contribution in [1.29, 1.82) is 0 Å². The van der Waals surface area contributed by atoms with Crippen molar-refractivity contribution in [3.8, 4) is 0 Å². The second-order valence-corrected chi connectivity index (χ2v) is 2.79. The number of amides is 1. The maximum absolute atomic E-state index is 11.4. The first-order chi connectivity index (χ1) is 6.38. The normalized spacial score (nSPS) is 17.5. The second kappa shape index (κ2) is 3.49. The number of aromatic nitrogens is 2. The van der Waals surface area contributed by atoms with Gasteiger partial charge in [0.15, 0.2) is 0 Å². The van der Waals surface area contributed by atoms with Crippen molar-refractivity contribution in [2.45, 2.75) is 0 Å². The lowest BCUT2D eigenvalue weighted by Gasteiger charge is -2.25. The SMILES string of the molecule is O=C1CNCCN1c1ccncn1. The average molecular weight is 178 g/mol. The van der Waals surface area contributed by atoms with Gasteiger partial charge in [0.25, 0.3) is 0 Å². The maximum atomic E-state index is 11.4. The summed E-state index contributed by atoms with van der Waals surface area (Å²) in [5.74, 6) is 0.742. The Hall–Kier alpha value is -1.49. The number of hydrogen-bond donors (Lipinski definition) is 1. The Balaban J connectivity index is 2.20. The zero-order valence-electron chi connectivity index (χ0n) is 7.10. The van der Waals surface area contributed by atoms with Crippen molar-refractivity contribution < 1.29 is 4.79 Å². The minimum atomic E-state index is 0.0601. The summed E-state index contributed by atoms with van der Waals surface area (Å²) >= 11 is 0. The van der Waals surface area contributed by atoms with E-state index < -0.39 is 0 Å². The molecule has 0 spiro atoms. The van der Waals surface area contributed by atoms with Gasteiger partial charge >= 0.3 is 0 Å². The molecule has 1 aliphatic rings. The van der Waals surface area contributed by atoms with Crippen molar-refractivity contribution in [2.75, 3.05) is 24.5 Å². The molecule has 1 N–H and O–H groups in total. The van der Waals surface area contributed by atoms with E-state index in [2.05, 4.69) is 15.3 Å². The molecule has 0 aromatic carbocycles. The largest absolute Gasteiger partial charge is 0.307 e. The third kappa shape index (κ3) is 1.65. The quantitative estimate of drug-likeness (QED) is 0.624. The fourth-order valence-corrected chi connectivity index (χ4v) is 1.29. The van der Waals surface area contributed by atoms with Crippen molar-refractivity contribution >= 4 is 11.7 Å². The van der Waals surface area contributed by atoms with Gasteiger partial charge in [-0.2, -0.15) is 0 Å². The van der Waals surface area contributed by atoms with Crippen LogP contribution in [0.5, 0.6) is 0 Å². The fraction of sp³-hybridized carbons (Fsp3) is 0.375. The van der Waals surface area contributed by atoms with E-state index in [1.807, 2.05) is 0 Å². The number of nitrogens with one attached hydrogen (secondary N) is 1. The van der Waals surface area contributed by atoms with Crippen LogP contribution in [0.4, 0.5) is 5.82 Å². The van der Waals surface area contributed by atoms with Gasteiger partial charge < -0.3 is 5.32 Å². The van der Waals surface area contributed by atoms with Crippen LogP contribution in [0.15, 0.2) is 18.6 Å². The first-order valence-corrected chi connectivity index (χ1v) is 4.15. The Morgan fingerprint density at radius 2 is 2.46 bits per heavy atom. The molecule has 1 amide bonds. The molecule has 5 heteroatoms. The van der Waals surface area contributed by atoms with Gasteiger partial charge in [-0.1, -0.05) is 0 Å². The van der Waals surface area contributed by atoms with E-state index in [1.165, 1.54) is 6.33 Å². The van der Waals surface area contributed by atoms with Crippen LogP contribution in [0.25, 0.3) is 0 Å². The van der Waals surface area contributed by atoms with E-state index in [1.54, 1.807) is 17.2 Å². The van der Waals surface area contributed by atoms with Gasteiger partial charge in [-0.15, -0.1) is 0 Å².